The van der Waals surface area contributed by atoms with Crippen molar-refractivity contribution in [2.75, 3.05) is 49.5 Å². The van der Waals surface area contributed by atoms with Crippen LogP contribution in [0.1, 0.15) is 91.6 Å². The van der Waals surface area contributed by atoms with E-state index < -0.39 is 58.4 Å². The molecular formula is C42H45F5N8O5. The van der Waals surface area contributed by atoms with Gasteiger partial charge in [-0.15, -0.1) is 0 Å². The lowest BCUT2D eigenvalue weighted by molar-refractivity contribution is -0.141. The number of nitrogens with zero attached hydrogens (tertiary/aromatic N) is 6. The monoisotopic (exact) mass is 836 g/mol. The maximum absolute atomic E-state index is 15.1. The largest absolute Gasteiger partial charge is 0.433 e. The average molecular weight is 837 g/mol. The van der Waals surface area contributed by atoms with Crippen molar-refractivity contribution in [1.82, 2.24) is 29.9 Å². The van der Waals surface area contributed by atoms with Crippen molar-refractivity contribution < 1.29 is 46.2 Å². The van der Waals surface area contributed by atoms with Gasteiger partial charge in [0.25, 0.3) is 5.91 Å². The second-order valence-corrected chi connectivity index (χ2v) is 16.7. The number of hydrogen-bond donors (Lipinski definition) is 3. The Balaban J connectivity index is 0.835. The zero-order chi connectivity index (χ0) is 42.7. The first kappa shape index (κ1) is 41.3. The minimum absolute atomic E-state index is 0.00766. The molecule has 4 aromatic rings. The summed E-state index contributed by atoms with van der Waals surface area (Å²) in [6.07, 6.45) is 0.755. The van der Waals surface area contributed by atoms with Crippen molar-refractivity contribution >= 4 is 45.9 Å². The number of piperazine rings is 1. The van der Waals surface area contributed by atoms with Crippen molar-refractivity contribution in [2.24, 2.45) is 5.92 Å². The maximum atomic E-state index is 15.1. The van der Waals surface area contributed by atoms with Crippen LogP contribution in [0.3, 0.4) is 0 Å². The second kappa shape index (κ2) is 15.8. The summed E-state index contributed by atoms with van der Waals surface area (Å²) in [6.45, 7) is 6.36. The third-order valence-electron chi connectivity index (χ3n) is 12.3. The van der Waals surface area contributed by atoms with Crippen LogP contribution in [0.5, 0.6) is 0 Å². The number of pyridine rings is 1. The highest BCUT2D eigenvalue weighted by Crippen LogP contribution is 2.38. The minimum Gasteiger partial charge on any atom is -0.386 e. The number of aliphatic hydroxyl groups is 1. The van der Waals surface area contributed by atoms with Gasteiger partial charge in [-0.1, -0.05) is 6.07 Å². The Morgan fingerprint density at radius 1 is 0.900 bits per heavy atom. The molecule has 13 nitrogen and oxygen atoms in total. The fourth-order valence-corrected chi connectivity index (χ4v) is 8.95. The van der Waals surface area contributed by atoms with Gasteiger partial charge in [-0.3, -0.25) is 34.1 Å². The van der Waals surface area contributed by atoms with Crippen molar-refractivity contribution in [2.45, 2.75) is 82.2 Å². The highest BCUT2D eigenvalue weighted by molar-refractivity contribution is 6.04. The van der Waals surface area contributed by atoms with Crippen molar-refractivity contribution in [3.63, 3.8) is 0 Å². The zero-order valence-corrected chi connectivity index (χ0v) is 33.1. The van der Waals surface area contributed by atoms with E-state index in [2.05, 4.69) is 20.5 Å². The Labute approximate surface area is 341 Å². The van der Waals surface area contributed by atoms with Gasteiger partial charge < -0.3 is 20.2 Å². The standard InChI is InChI=1S/C42H45F5N8O5/c1-41(2,60)29-19-33-23(16-34(29)49-39(58)32-4-3-5-35(48-32)42(45,46)47)22-55(51-33)26-8-6-25(7-9-26)52-12-14-53(15-13-52)40(59)24-20-54(21-24)27-17-30(43)37(31(44)18-27)28-10-11-36(56)50-38(28)57/h3-5,16-19,22,24-26,28,60H,6-15,20-21H2,1-2H3,(H,49,58)(H,50,56,57)/t25?,26?,28-/m1/s1. The topological polar surface area (TPSA) is 153 Å². The number of benzene rings is 2. The van der Waals surface area contributed by atoms with Gasteiger partial charge in [-0.25, -0.2) is 13.8 Å². The number of halogens is 5. The number of imide groups is 1. The molecule has 4 amide bonds. The number of alkyl halides is 3. The summed E-state index contributed by atoms with van der Waals surface area (Å²) in [7, 11) is 0. The van der Waals surface area contributed by atoms with Gasteiger partial charge in [0.1, 0.15) is 23.0 Å². The van der Waals surface area contributed by atoms with Gasteiger partial charge in [-0.2, -0.15) is 18.3 Å². The summed E-state index contributed by atoms with van der Waals surface area (Å²) in [5.74, 6) is -5.08. The van der Waals surface area contributed by atoms with Crippen LogP contribution in [-0.4, -0.2) is 98.6 Å². The van der Waals surface area contributed by atoms with Gasteiger partial charge in [-0.05, 0) is 82.3 Å². The van der Waals surface area contributed by atoms with E-state index in [-0.39, 0.29) is 42.0 Å². The molecule has 0 unspecified atom stereocenters. The summed E-state index contributed by atoms with van der Waals surface area (Å²) >= 11 is 0. The van der Waals surface area contributed by atoms with Crippen LogP contribution in [0.25, 0.3) is 10.9 Å². The molecule has 0 bridgehead atoms. The predicted molar refractivity (Wildman–Crippen MR) is 209 cm³/mol. The molecule has 3 N–H and O–H groups in total. The van der Waals surface area contributed by atoms with Crippen LogP contribution in [0, 0.1) is 17.6 Å². The molecule has 0 spiro atoms. The predicted octanol–water partition coefficient (Wildman–Crippen LogP) is 5.49. The second-order valence-electron chi connectivity index (χ2n) is 16.7. The van der Waals surface area contributed by atoms with Crippen LogP contribution >= 0.6 is 0 Å². The van der Waals surface area contributed by atoms with Crippen LogP contribution in [0.4, 0.5) is 33.3 Å². The molecule has 2 aromatic heterocycles. The Morgan fingerprint density at radius 2 is 1.57 bits per heavy atom. The number of amides is 4. The minimum atomic E-state index is -4.71. The van der Waals surface area contributed by atoms with E-state index in [0.717, 1.165) is 50.9 Å². The third kappa shape index (κ3) is 8.31. The summed E-state index contributed by atoms with van der Waals surface area (Å²) < 4.78 is 71.8. The van der Waals surface area contributed by atoms with Crippen LogP contribution < -0.4 is 15.5 Å². The molecule has 18 heteroatoms. The normalized spacial score (nSPS) is 22.2. The molecule has 4 fully saturated rings. The first-order chi connectivity index (χ1) is 28.4. The molecule has 0 radical (unpaired) electrons. The van der Waals surface area contributed by atoms with Gasteiger partial charge in [0, 0.05) is 85.8 Å². The summed E-state index contributed by atoms with van der Waals surface area (Å²) in [5.41, 5.74) is -1.88. The van der Waals surface area contributed by atoms with Crippen molar-refractivity contribution in [3.8, 4) is 0 Å². The number of aromatic nitrogens is 3. The molecule has 5 heterocycles. The number of piperidine rings is 1. The molecule has 2 aromatic carbocycles. The number of anilines is 2. The molecule has 318 valence electrons. The molecule has 4 aliphatic rings. The lowest BCUT2D eigenvalue weighted by atomic mass is 9.89. The Morgan fingerprint density at radius 3 is 2.20 bits per heavy atom. The van der Waals surface area contributed by atoms with Gasteiger partial charge in [0.05, 0.1) is 29.0 Å². The number of hydrogen-bond acceptors (Lipinski definition) is 9. The first-order valence-electron chi connectivity index (χ1n) is 20.1. The molecule has 1 saturated carbocycles. The van der Waals surface area contributed by atoms with Crippen molar-refractivity contribution in [1.29, 1.82) is 0 Å². The summed E-state index contributed by atoms with van der Waals surface area (Å²) in [5, 5.41) is 21.3. The first-order valence-corrected chi connectivity index (χ1v) is 20.1. The van der Waals surface area contributed by atoms with E-state index in [1.807, 2.05) is 15.8 Å². The van der Waals surface area contributed by atoms with E-state index in [4.69, 9.17) is 5.10 Å². The Hall–Kier alpha value is -5.49. The molecule has 1 aliphatic carbocycles. The summed E-state index contributed by atoms with van der Waals surface area (Å²) in [6, 6.07) is 9.24. The average Bonchev–Trinajstić information content (AvgIpc) is 3.60. The maximum Gasteiger partial charge on any atom is 0.433 e. The molecule has 8 rings (SSSR count). The highest BCUT2D eigenvalue weighted by atomic mass is 19.4. The molecule has 1 atom stereocenters. The highest BCUT2D eigenvalue weighted by Gasteiger charge is 2.40. The van der Waals surface area contributed by atoms with Gasteiger partial charge in [0.2, 0.25) is 17.7 Å². The van der Waals surface area contributed by atoms with Crippen LogP contribution in [-0.2, 0) is 26.2 Å². The van der Waals surface area contributed by atoms with Crippen molar-refractivity contribution in [3.05, 3.63) is 82.8 Å². The zero-order valence-electron chi connectivity index (χ0n) is 33.1. The molecular weight excluding hydrogens is 792 g/mol. The Kier molecular flexibility index (Phi) is 10.9. The quantitative estimate of drug-likeness (QED) is 0.155. The summed E-state index contributed by atoms with van der Waals surface area (Å²) in [4.78, 5) is 59.7. The number of rotatable bonds is 8. The fourth-order valence-electron chi connectivity index (χ4n) is 8.95. The van der Waals surface area contributed by atoms with Crippen LogP contribution in [0.15, 0.2) is 48.7 Å². The van der Waals surface area contributed by atoms with E-state index in [1.165, 1.54) is 18.2 Å². The van der Waals surface area contributed by atoms with Crippen LogP contribution in [0.2, 0.25) is 0 Å². The lowest BCUT2D eigenvalue weighted by Crippen LogP contribution is -2.59. The molecule has 3 aliphatic heterocycles. The van der Waals surface area contributed by atoms with Gasteiger partial charge in [0.15, 0.2) is 0 Å². The third-order valence-corrected chi connectivity index (χ3v) is 12.3. The Bertz CT molecular complexity index is 2320. The van der Waals surface area contributed by atoms with E-state index in [1.54, 1.807) is 30.9 Å². The van der Waals surface area contributed by atoms with E-state index in [0.29, 0.717) is 54.4 Å². The number of carbonyl (C=O) groups excluding carboxylic acids is 4. The van der Waals surface area contributed by atoms with E-state index in [9.17, 15) is 37.5 Å². The lowest BCUT2D eigenvalue weighted by Gasteiger charge is -2.45. The number of fused-ring (bicyclic) bond motifs is 1. The number of carbonyl (C=O) groups is 4. The number of nitrogens with one attached hydrogen (secondary N) is 2. The smallest absolute Gasteiger partial charge is 0.386 e. The SMILES string of the molecule is CC(C)(O)c1cc2nn(C3CCC(N4CCN(C(=O)C5CN(c6cc(F)c([C@H]7CCC(=O)NC7=O)c(F)c6)C5)CC4)CC3)cc2cc1NC(=O)c1cccc(C(F)(F)F)n1. The molecule has 60 heavy (non-hydrogen) atoms. The fraction of sp³-hybridized carbons (Fsp3) is 0.476. The van der Waals surface area contributed by atoms with Gasteiger partial charge >= 0.3 is 6.18 Å². The van der Waals surface area contributed by atoms with E-state index >= 15 is 8.78 Å². The molecule has 3 saturated heterocycles.